The van der Waals surface area contributed by atoms with E-state index in [2.05, 4.69) is 26.6 Å². The Bertz CT molecular complexity index is 684. The van der Waals surface area contributed by atoms with Gasteiger partial charge < -0.3 is 16.4 Å². The van der Waals surface area contributed by atoms with Crippen molar-refractivity contribution in [2.75, 3.05) is 13.1 Å². The summed E-state index contributed by atoms with van der Waals surface area (Å²) in [6, 6.07) is 14.3. The minimum Gasteiger partial charge on any atom is -0.352 e. The van der Waals surface area contributed by atoms with E-state index in [1.54, 1.807) is 24.3 Å². The van der Waals surface area contributed by atoms with Crippen molar-refractivity contribution in [2.24, 2.45) is 5.73 Å². The summed E-state index contributed by atoms with van der Waals surface area (Å²) in [5.74, 6) is -0.250. The van der Waals surface area contributed by atoms with Crippen molar-refractivity contribution in [3.8, 4) is 0 Å². The fraction of sp³-hybridized carbons (Fsp3) is 0.222. The molecule has 0 aliphatic rings. The van der Waals surface area contributed by atoms with E-state index in [1.807, 2.05) is 24.3 Å². The summed E-state index contributed by atoms with van der Waals surface area (Å²) in [4.78, 5) is 23.9. The van der Waals surface area contributed by atoms with Gasteiger partial charge in [-0.2, -0.15) is 0 Å². The van der Waals surface area contributed by atoms with E-state index in [4.69, 9.17) is 5.73 Å². The maximum absolute atomic E-state index is 12.1. The average Bonchev–Trinajstić information content (AvgIpc) is 2.61. The predicted octanol–water partition coefficient (Wildman–Crippen LogP) is 2.46. The number of halogens is 1. The maximum Gasteiger partial charge on any atom is 0.251 e. The van der Waals surface area contributed by atoms with Crippen LogP contribution in [0.25, 0.3) is 0 Å². The van der Waals surface area contributed by atoms with E-state index >= 15 is 0 Å². The van der Waals surface area contributed by atoms with Crippen LogP contribution in [0.5, 0.6) is 0 Å². The van der Waals surface area contributed by atoms with E-state index < -0.39 is 0 Å². The van der Waals surface area contributed by atoms with Crippen LogP contribution in [-0.4, -0.2) is 24.9 Å². The van der Waals surface area contributed by atoms with Gasteiger partial charge in [-0.3, -0.25) is 9.59 Å². The van der Waals surface area contributed by atoms with Crippen LogP contribution in [0.1, 0.15) is 32.7 Å². The maximum atomic E-state index is 12.1. The lowest BCUT2D eigenvalue weighted by Crippen LogP contribution is -2.26. The molecule has 0 spiro atoms. The van der Waals surface area contributed by atoms with Gasteiger partial charge in [0.15, 0.2) is 0 Å². The Morgan fingerprint density at radius 3 is 2.00 bits per heavy atom. The zero-order chi connectivity index (χ0) is 17.4. The topological polar surface area (TPSA) is 84.2 Å². The normalized spacial score (nSPS) is 10.2. The first-order valence-corrected chi connectivity index (χ1v) is 8.50. The summed E-state index contributed by atoms with van der Waals surface area (Å²) in [7, 11) is 0. The smallest absolute Gasteiger partial charge is 0.251 e. The molecule has 24 heavy (non-hydrogen) atoms. The first-order valence-electron chi connectivity index (χ1n) is 7.71. The third kappa shape index (κ3) is 5.47. The monoisotopic (exact) mass is 389 g/mol. The fourth-order valence-corrected chi connectivity index (χ4v) is 2.33. The van der Waals surface area contributed by atoms with Gasteiger partial charge in [0.2, 0.25) is 0 Å². The average molecular weight is 390 g/mol. The van der Waals surface area contributed by atoms with Crippen LogP contribution in [0.2, 0.25) is 0 Å². The summed E-state index contributed by atoms with van der Waals surface area (Å²) in [5, 5.41) is 5.66. The second-order valence-electron chi connectivity index (χ2n) is 5.28. The first kappa shape index (κ1) is 18.2. The lowest BCUT2D eigenvalue weighted by Gasteiger charge is -2.07. The summed E-state index contributed by atoms with van der Waals surface area (Å²) in [5.41, 5.74) is 7.52. The predicted molar refractivity (Wildman–Crippen MR) is 97.8 cm³/mol. The number of hydrogen-bond donors (Lipinski definition) is 3. The van der Waals surface area contributed by atoms with Gasteiger partial charge in [0.1, 0.15) is 0 Å². The van der Waals surface area contributed by atoms with Crippen molar-refractivity contribution in [1.29, 1.82) is 0 Å². The van der Waals surface area contributed by atoms with Crippen LogP contribution in [0.15, 0.2) is 53.0 Å². The molecule has 4 N–H and O–H groups in total. The molecule has 0 atom stereocenters. The molecule has 5 nitrogen and oxygen atoms in total. The third-order valence-corrected chi connectivity index (χ3v) is 3.97. The lowest BCUT2D eigenvalue weighted by molar-refractivity contribution is 0.0943. The van der Waals surface area contributed by atoms with Crippen LogP contribution < -0.4 is 16.4 Å². The third-order valence-electron chi connectivity index (χ3n) is 3.44. The van der Waals surface area contributed by atoms with Crippen LogP contribution in [0.4, 0.5) is 0 Å². The number of rotatable bonds is 7. The summed E-state index contributed by atoms with van der Waals surface area (Å²) < 4.78 is 0.930. The fourth-order valence-electron chi connectivity index (χ4n) is 2.07. The molecule has 2 rings (SSSR count). The second-order valence-corrected chi connectivity index (χ2v) is 6.20. The van der Waals surface area contributed by atoms with Gasteiger partial charge in [0.05, 0.1) is 0 Å². The SMILES string of the molecule is NCCCNC(=O)c1ccc(CNC(=O)c2ccc(Br)cc2)cc1. The molecule has 2 aromatic rings. The minimum absolute atomic E-state index is 0.117. The van der Waals surface area contributed by atoms with Crippen LogP contribution in [-0.2, 0) is 6.54 Å². The Hall–Kier alpha value is -2.18. The molecule has 0 saturated heterocycles. The van der Waals surface area contributed by atoms with Crippen molar-refractivity contribution in [2.45, 2.75) is 13.0 Å². The summed E-state index contributed by atoms with van der Waals surface area (Å²) in [6.07, 6.45) is 0.756. The second kappa shape index (κ2) is 9.20. The minimum atomic E-state index is -0.133. The summed E-state index contributed by atoms with van der Waals surface area (Å²) in [6.45, 7) is 1.53. The first-order chi connectivity index (χ1) is 11.6. The number of benzene rings is 2. The molecule has 0 aliphatic carbocycles. The molecule has 6 heteroatoms. The molecule has 0 heterocycles. The van der Waals surface area contributed by atoms with E-state index in [0.717, 1.165) is 16.5 Å². The van der Waals surface area contributed by atoms with Crippen LogP contribution in [0, 0.1) is 0 Å². The quantitative estimate of drug-likeness (QED) is 0.635. The molecule has 0 unspecified atom stereocenters. The molecule has 0 saturated carbocycles. The lowest BCUT2D eigenvalue weighted by atomic mass is 10.1. The van der Waals surface area contributed by atoms with E-state index in [-0.39, 0.29) is 11.8 Å². The Balaban J connectivity index is 1.86. The Kier molecular flexibility index (Phi) is 6.96. The number of nitrogens with one attached hydrogen (secondary N) is 2. The molecule has 0 aromatic heterocycles. The van der Waals surface area contributed by atoms with Gasteiger partial charge in [0, 0.05) is 28.7 Å². The van der Waals surface area contributed by atoms with Gasteiger partial charge in [-0.25, -0.2) is 0 Å². The highest BCUT2D eigenvalue weighted by molar-refractivity contribution is 9.10. The van der Waals surface area contributed by atoms with Gasteiger partial charge in [0.25, 0.3) is 11.8 Å². The number of amides is 2. The number of hydrogen-bond acceptors (Lipinski definition) is 3. The Labute approximate surface area is 149 Å². The number of nitrogens with two attached hydrogens (primary N) is 1. The Morgan fingerprint density at radius 1 is 0.875 bits per heavy atom. The van der Waals surface area contributed by atoms with Gasteiger partial charge in [-0.05, 0) is 54.9 Å². The molecule has 0 bridgehead atoms. The van der Waals surface area contributed by atoms with Gasteiger partial charge >= 0.3 is 0 Å². The largest absolute Gasteiger partial charge is 0.352 e. The highest BCUT2D eigenvalue weighted by Gasteiger charge is 2.07. The molecule has 0 fully saturated rings. The standard InChI is InChI=1S/C18H20BrN3O2/c19-16-8-6-15(7-9-16)18(24)22-12-13-2-4-14(5-3-13)17(23)21-11-1-10-20/h2-9H,1,10-12,20H2,(H,21,23)(H,22,24). The highest BCUT2D eigenvalue weighted by Crippen LogP contribution is 2.11. The molecule has 126 valence electrons. The zero-order valence-electron chi connectivity index (χ0n) is 13.2. The summed E-state index contributed by atoms with van der Waals surface area (Å²) >= 11 is 3.34. The zero-order valence-corrected chi connectivity index (χ0v) is 14.8. The molecular weight excluding hydrogens is 370 g/mol. The van der Waals surface area contributed by atoms with Crippen molar-refractivity contribution in [3.63, 3.8) is 0 Å². The Morgan fingerprint density at radius 2 is 1.42 bits per heavy atom. The molecule has 2 amide bonds. The molecule has 0 radical (unpaired) electrons. The number of carbonyl (C=O) groups excluding carboxylic acids is 2. The molecular formula is C18H20BrN3O2. The van der Waals surface area contributed by atoms with Crippen molar-refractivity contribution in [3.05, 3.63) is 69.7 Å². The highest BCUT2D eigenvalue weighted by atomic mass is 79.9. The van der Waals surface area contributed by atoms with Crippen molar-refractivity contribution >= 4 is 27.7 Å². The number of carbonyl (C=O) groups is 2. The van der Waals surface area contributed by atoms with E-state index in [1.165, 1.54) is 0 Å². The van der Waals surface area contributed by atoms with E-state index in [9.17, 15) is 9.59 Å². The van der Waals surface area contributed by atoms with Crippen LogP contribution in [0.3, 0.4) is 0 Å². The van der Waals surface area contributed by atoms with Gasteiger partial charge in [-0.15, -0.1) is 0 Å². The van der Waals surface area contributed by atoms with Crippen LogP contribution >= 0.6 is 15.9 Å². The van der Waals surface area contributed by atoms with Crippen molar-refractivity contribution < 1.29 is 9.59 Å². The van der Waals surface area contributed by atoms with Gasteiger partial charge in [-0.1, -0.05) is 28.1 Å². The van der Waals surface area contributed by atoms with E-state index in [0.29, 0.717) is 30.8 Å². The van der Waals surface area contributed by atoms with Crippen molar-refractivity contribution in [1.82, 2.24) is 10.6 Å². The molecule has 2 aromatic carbocycles. The molecule has 0 aliphatic heterocycles.